The number of aliphatic hydroxyl groups is 3. The molecule has 70 valence electrons. The van der Waals surface area contributed by atoms with E-state index in [0.29, 0.717) is 0 Å². The summed E-state index contributed by atoms with van der Waals surface area (Å²) in [5.41, 5.74) is -2.12. The van der Waals surface area contributed by atoms with Crippen LogP contribution in [0.2, 0.25) is 0 Å². The third-order valence-electron chi connectivity index (χ3n) is 2.77. The molecular weight excluding hydrogens is 159 g/mol. The molecule has 12 heavy (non-hydrogen) atoms. The molecule has 4 atom stereocenters. The molecule has 5 heteroatoms. The van der Waals surface area contributed by atoms with Crippen LogP contribution in [0.25, 0.3) is 0 Å². The van der Waals surface area contributed by atoms with Crippen LogP contribution in [0.4, 0.5) is 0 Å². The first-order chi connectivity index (χ1) is 5.33. The van der Waals surface area contributed by atoms with E-state index < -0.39 is 23.3 Å². The van der Waals surface area contributed by atoms with E-state index in [2.05, 4.69) is 0 Å². The molecule has 0 spiro atoms. The summed E-state index contributed by atoms with van der Waals surface area (Å²) in [6.07, 6.45) is -1.72. The van der Waals surface area contributed by atoms with Gasteiger partial charge in [0.25, 0.3) is 0 Å². The molecule has 0 radical (unpaired) electrons. The monoisotopic (exact) mass is 174 g/mol. The van der Waals surface area contributed by atoms with Crippen LogP contribution in [-0.2, 0) is 4.74 Å². The standard InChI is InChI=1S/C7H15BO4/c1-6(11)5(10)4(3-9)12-7(6,2)8/h4-5,9-11H,3,8H2,1-2H3/t4-,5-,6-,7-/m1/s1. The zero-order valence-electron chi connectivity index (χ0n) is 7.61. The van der Waals surface area contributed by atoms with Crippen LogP contribution in [0.5, 0.6) is 0 Å². The second-order valence-electron chi connectivity index (χ2n) is 3.94. The molecular formula is C7H15BO4. The SMILES string of the molecule is B[C@]1(C)O[C@H](CO)[C@@H](O)[C@@]1(C)O. The van der Waals surface area contributed by atoms with Crippen molar-refractivity contribution < 1.29 is 20.1 Å². The summed E-state index contributed by atoms with van der Waals surface area (Å²) in [7, 11) is 1.69. The highest BCUT2D eigenvalue weighted by atomic mass is 16.6. The van der Waals surface area contributed by atoms with Crippen molar-refractivity contribution in [3.63, 3.8) is 0 Å². The van der Waals surface area contributed by atoms with Gasteiger partial charge in [-0.05, 0) is 13.8 Å². The van der Waals surface area contributed by atoms with Crippen molar-refractivity contribution in [2.75, 3.05) is 6.61 Å². The van der Waals surface area contributed by atoms with Gasteiger partial charge in [-0.1, -0.05) is 0 Å². The Morgan fingerprint density at radius 1 is 1.50 bits per heavy atom. The predicted octanol–water partition coefficient (Wildman–Crippen LogP) is -2.16. The van der Waals surface area contributed by atoms with Gasteiger partial charge in [-0.15, -0.1) is 0 Å². The van der Waals surface area contributed by atoms with Gasteiger partial charge in [-0.3, -0.25) is 0 Å². The van der Waals surface area contributed by atoms with E-state index in [4.69, 9.17) is 9.84 Å². The van der Waals surface area contributed by atoms with E-state index in [0.717, 1.165) is 0 Å². The predicted molar refractivity (Wildman–Crippen MR) is 45.5 cm³/mol. The Morgan fingerprint density at radius 3 is 2.17 bits per heavy atom. The second-order valence-corrected chi connectivity index (χ2v) is 3.94. The minimum atomic E-state index is -1.31. The fourth-order valence-corrected chi connectivity index (χ4v) is 1.42. The quantitative estimate of drug-likeness (QED) is 0.396. The average molecular weight is 174 g/mol. The lowest BCUT2D eigenvalue weighted by atomic mass is 9.70. The number of ether oxygens (including phenoxy) is 1. The molecule has 0 aliphatic carbocycles. The van der Waals surface area contributed by atoms with Gasteiger partial charge in [-0.2, -0.15) is 0 Å². The molecule has 1 fully saturated rings. The molecule has 1 aliphatic heterocycles. The average Bonchev–Trinajstić information content (AvgIpc) is 2.11. The van der Waals surface area contributed by atoms with Crippen molar-refractivity contribution in [1.29, 1.82) is 0 Å². The molecule has 0 aromatic heterocycles. The topological polar surface area (TPSA) is 69.9 Å². The normalized spacial score (nSPS) is 54.4. The summed E-state index contributed by atoms with van der Waals surface area (Å²) in [6.45, 7) is 2.92. The highest BCUT2D eigenvalue weighted by molar-refractivity contribution is 6.15. The van der Waals surface area contributed by atoms with Crippen molar-refractivity contribution in [3.05, 3.63) is 0 Å². The molecule has 4 nitrogen and oxygen atoms in total. The van der Waals surface area contributed by atoms with Gasteiger partial charge < -0.3 is 20.1 Å². The van der Waals surface area contributed by atoms with Gasteiger partial charge in [0.15, 0.2) is 0 Å². The molecule has 1 saturated heterocycles. The van der Waals surface area contributed by atoms with Gasteiger partial charge in [0.2, 0.25) is 0 Å². The van der Waals surface area contributed by atoms with Crippen LogP contribution in [0.3, 0.4) is 0 Å². The summed E-state index contributed by atoms with van der Waals surface area (Å²) in [6, 6.07) is 0. The van der Waals surface area contributed by atoms with Crippen LogP contribution in [0.15, 0.2) is 0 Å². The summed E-state index contributed by atoms with van der Waals surface area (Å²) in [5, 5.41) is 28.1. The second kappa shape index (κ2) is 2.70. The Bertz CT molecular complexity index is 180. The van der Waals surface area contributed by atoms with Crippen LogP contribution in [0.1, 0.15) is 13.8 Å². The van der Waals surface area contributed by atoms with Gasteiger partial charge in [0.1, 0.15) is 25.7 Å². The lowest BCUT2D eigenvalue weighted by molar-refractivity contribution is -0.0768. The van der Waals surface area contributed by atoms with Crippen LogP contribution >= 0.6 is 0 Å². The van der Waals surface area contributed by atoms with E-state index in [9.17, 15) is 10.2 Å². The highest BCUT2D eigenvalue weighted by Crippen LogP contribution is 2.36. The molecule has 1 rings (SSSR count). The van der Waals surface area contributed by atoms with Gasteiger partial charge in [0.05, 0.1) is 12.1 Å². The molecule has 0 saturated carbocycles. The van der Waals surface area contributed by atoms with Crippen LogP contribution in [0, 0.1) is 0 Å². The van der Waals surface area contributed by atoms with Crippen molar-refractivity contribution in [2.24, 2.45) is 0 Å². The number of hydrogen-bond acceptors (Lipinski definition) is 4. The van der Waals surface area contributed by atoms with Crippen molar-refractivity contribution >= 4 is 7.85 Å². The summed E-state index contributed by atoms with van der Waals surface area (Å²) in [5.74, 6) is 0. The lowest BCUT2D eigenvalue weighted by Gasteiger charge is -2.33. The van der Waals surface area contributed by atoms with E-state index in [-0.39, 0.29) is 6.61 Å². The van der Waals surface area contributed by atoms with E-state index >= 15 is 0 Å². The first-order valence-corrected chi connectivity index (χ1v) is 4.02. The minimum Gasteiger partial charge on any atom is -0.394 e. The smallest absolute Gasteiger partial charge is 0.146 e. The number of aliphatic hydroxyl groups excluding tert-OH is 2. The van der Waals surface area contributed by atoms with Crippen LogP contribution < -0.4 is 0 Å². The molecule has 0 aromatic rings. The molecule has 0 amide bonds. The lowest BCUT2D eigenvalue weighted by Crippen LogP contribution is -2.52. The Balaban J connectivity index is 2.88. The first-order valence-electron chi connectivity index (χ1n) is 4.02. The van der Waals surface area contributed by atoms with Gasteiger partial charge >= 0.3 is 0 Å². The summed E-state index contributed by atoms with van der Waals surface area (Å²) >= 11 is 0. The maximum absolute atomic E-state index is 9.81. The van der Waals surface area contributed by atoms with Gasteiger partial charge in [0, 0.05) is 0 Å². The number of rotatable bonds is 1. The molecule has 1 heterocycles. The van der Waals surface area contributed by atoms with Crippen LogP contribution in [-0.4, -0.2) is 53.1 Å². The third-order valence-corrected chi connectivity index (χ3v) is 2.77. The Hall–Kier alpha value is -0.0951. The van der Waals surface area contributed by atoms with E-state index in [1.165, 1.54) is 6.92 Å². The molecule has 0 aromatic carbocycles. The Kier molecular flexibility index (Phi) is 2.25. The summed E-state index contributed by atoms with van der Waals surface area (Å²) < 4.78 is 5.28. The molecule has 0 unspecified atom stereocenters. The van der Waals surface area contributed by atoms with Crippen molar-refractivity contribution in [1.82, 2.24) is 0 Å². The Morgan fingerprint density at radius 2 is 2.00 bits per heavy atom. The molecule has 3 N–H and O–H groups in total. The van der Waals surface area contributed by atoms with Crippen molar-refractivity contribution in [2.45, 2.75) is 37.2 Å². The fraction of sp³-hybridized carbons (Fsp3) is 1.00. The van der Waals surface area contributed by atoms with Crippen molar-refractivity contribution in [3.8, 4) is 0 Å². The highest BCUT2D eigenvalue weighted by Gasteiger charge is 2.56. The maximum atomic E-state index is 9.81. The zero-order valence-corrected chi connectivity index (χ0v) is 7.61. The molecule has 0 bridgehead atoms. The summed E-state index contributed by atoms with van der Waals surface area (Å²) in [4.78, 5) is 0. The minimum absolute atomic E-state index is 0.277. The number of hydrogen-bond donors (Lipinski definition) is 3. The van der Waals surface area contributed by atoms with E-state index in [1.54, 1.807) is 14.8 Å². The molecule has 1 aliphatic rings. The fourth-order valence-electron chi connectivity index (χ4n) is 1.42. The van der Waals surface area contributed by atoms with Gasteiger partial charge in [-0.25, -0.2) is 0 Å². The maximum Gasteiger partial charge on any atom is 0.146 e. The Labute approximate surface area is 72.6 Å². The first kappa shape index (κ1) is 9.99. The third kappa shape index (κ3) is 1.17. The largest absolute Gasteiger partial charge is 0.394 e. The van der Waals surface area contributed by atoms with E-state index in [1.807, 2.05) is 0 Å². The zero-order chi connectivity index (χ0) is 9.57.